The second kappa shape index (κ2) is 8.76. The number of hydrogen-bond donors (Lipinski definition) is 1. The van der Waals surface area contributed by atoms with Crippen LogP contribution in [0.1, 0.15) is 31.4 Å². The summed E-state index contributed by atoms with van der Waals surface area (Å²) >= 11 is 9.59. The van der Waals surface area contributed by atoms with E-state index in [9.17, 15) is 9.59 Å². The molecule has 1 aliphatic heterocycles. The van der Waals surface area contributed by atoms with E-state index >= 15 is 0 Å². The van der Waals surface area contributed by atoms with Gasteiger partial charge in [-0.1, -0.05) is 53.0 Å². The average molecular weight is 452 g/mol. The molecule has 1 unspecified atom stereocenters. The molecule has 1 heterocycles. The van der Waals surface area contributed by atoms with Gasteiger partial charge in [0.15, 0.2) is 6.61 Å². The van der Waals surface area contributed by atoms with Crippen LogP contribution in [0.3, 0.4) is 0 Å². The predicted octanol–water partition coefficient (Wildman–Crippen LogP) is 4.49. The molecule has 0 radical (unpaired) electrons. The first-order valence-electron chi connectivity index (χ1n) is 8.79. The van der Waals surface area contributed by atoms with Crippen molar-refractivity contribution < 1.29 is 14.3 Å². The molecule has 0 fully saturated rings. The molecule has 3 rings (SSSR count). The standard InChI is InChI=1S/C20H20BrClN2O3/c1-2-3-9-23-20(26)19(13-5-4-6-14(21)10-13)24-16-11-15(22)7-8-17(16)27-12-18(24)25/h4-8,10-11,19H,2-3,9,12H2,1H3,(H,23,26). The summed E-state index contributed by atoms with van der Waals surface area (Å²) in [6.45, 7) is 2.49. The van der Waals surface area contributed by atoms with Crippen LogP contribution in [0.15, 0.2) is 46.9 Å². The number of anilines is 1. The van der Waals surface area contributed by atoms with Gasteiger partial charge in [-0.2, -0.15) is 0 Å². The number of carbonyl (C=O) groups excluding carboxylic acids is 2. The molecule has 0 spiro atoms. The van der Waals surface area contributed by atoms with Crippen molar-refractivity contribution >= 4 is 45.0 Å². The maximum absolute atomic E-state index is 13.1. The van der Waals surface area contributed by atoms with Gasteiger partial charge in [0.05, 0.1) is 5.69 Å². The molecule has 0 saturated carbocycles. The van der Waals surface area contributed by atoms with Gasteiger partial charge in [0, 0.05) is 16.0 Å². The second-order valence-corrected chi connectivity index (χ2v) is 7.62. The van der Waals surface area contributed by atoms with Crippen molar-refractivity contribution in [1.82, 2.24) is 5.32 Å². The molecular weight excluding hydrogens is 432 g/mol. The smallest absolute Gasteiger partial charge is 0.266 e. The van der Waals surface area contributed by atoms with Crippen LogP contribution in [-0.2, 0) is 9.59 Å². The number of ether oxygens (including phenoxy) is 1. The van der Waals surface area contributed by atoms with E-state index in [0.717, 1.165) is 17.3 Å². The Morgan fingerprint density at radius 2 is 2.15 bits per heavy atom. The summed E-state index contributed by atoms with van der Waals surface area (Å²) in [6, 6.07) is 11.6. The second-order valence-electron chi connectivity index (χ2n) is 6.27. The van der Waals surface area contributed by atoms with Gasteiger partial charge < -0.3 is 10.1 Å². The first kappa shape index (κ1) is 19.7. The summed E-state index contributed by atoms with van der Waals surface area (Å²) in [7, 11) is 0. The summed E-state index contributed by atoms with van der Waals surface area (Å²) in [6.07, 6.45) is 1.84. The summed E-state index contributed by atoms with van der Waals surface area (Å²) in [5, 5.41) is 3.41. The third-order valence-electron chi connectivity index (χ3n) is 4.30. The van der Waals surface area contributed by atoms with E-state index in [1.165, 1.54) is 4.90 Å². The van der Waals surface area contributed by atoms with E-state index < -0.39 is 6.04 Å². The van der Waals surface area contributed by atoms with E-state index in [0.29, 0.717) is 28.6 Å². The van der Waals surface area contributed by atoms with Crippen LogP contribution in [0.2, 0.25) is 5.02 Å². The molecule has 142 valence electrons. The number of nitrogens with zero attached hydrogens (tertiary/aromatic N) is 1. The molecule has 1 N–H and O–H groups in total. The molecule has 5 nitrogen and oxygen atoms in total. The van der Waals surface area contributed by atoms with Crippen LogP contribution >= 0.6 is 27.5 Å². The number of halogens is 2. The number of hydrogen-bond acceptors (Lipinski definition) is 3. The molecule has 2 aromatic carbocycles. The van der Waals surface area contributed by atoms with Crippen molar-refractivity contribution in [3.05, 3.63) is 57.5 Å². The maximum Gasteiger partial charge on any atom is 0.266 e. The van der Waals surface area contributed by atoms with Gasteiger partial charge in [0.1, 0.15) is 11.8 Å². The van der Waals surface area contributed by atoms with E-state index in [2.05, 4.69) is 28.2 Å². The molecule has 1 atom stereocenters. The fraction of sp³-hybridized carbons (Fsp3) is 0.300. The molecule has 0 saturated heterocycles. The quantitative estimate of drug-likeness (QED) is 0.659. The van der Waals surface area contributed by atoms with E-state index in [1.54, 1.807) is 18.2 Å². The zero-order valence-electron chi connectivity index (χ0n) is 14.9. The third kappa shape index (κ3) is 4.45. The Labute approximate surface area is 171 Å². The first-order chi connectivity index (χ1) is 13.0. The average Bonchev–Trinajstić information content (AvgIpc) is 2.64. The normalized spacial score (nSPS) is 14.3. The van der Waals surface area contributed by atoms with Gasteiger partial charge in [-0.3, -0.25) is 14.5 Å². The molecule has 2 amide bonds. The maximum atomic E-state index is 13.1. The number of fused-ring (bicyclic) bond motifs is 1. The minimum absolute atomic E-state index is 0.124. The number of rotatable bonds is 6. The Morgan fingerprint density at radius 3 is 2.89 bits per heavy atom. The lowest BCUT2D eigenvalue weighted by atomic mass is 10.0. The highest BCUT2D eigenvalue weighted by Gasteiger charge is 2.37. The Morgan fingerprint density at radius 1 is 1.33 bits per heavy atom. The third-order valence-corrected chi connectivity index (χ3v) is 5.03. The largest absolute Gasteiger partial charge is 0.482 e. The molecule has 0 aliphatic carbocycles. The Bertz CT molecular complexity index is 859. The lowest BCUT2D eigenvalue weighted by Gasteiger charge is -2.35. The lowest BCUT2D eigenvalue weighted by molar-refractivity contribution is -0.128. The van der Waals surface area contributed by atoms with Crippen LogP contribution in [0, 0.1) is 0 Å². The Hall–Kier alpha value is -2.05. The Kier molecular flexibility index (Phi) is 6.39. The van der Waals surface area contributed by atoms with Crippen LogP contribution in [0.4, 0.5) is 5.69 Å². The van der Waals surface area contributed by atoms with Gasteiger partial charge in [-0.25, -0.2) is 0 Å². The van der Waals surface area contributed by atoms with Crippen molar-refractivity contribution in [2.24, 2.45) is 0 Å². The number of nitrogens with one attached hydrogen (secondary N) is 1. The Balaban J connectivity index is 2.06. The highest BCUT2D eigenvalue weighted by molar-refractivity contribution is 9.10. The first-order valence-corrected chi connectivity index (χ1v) is 9.96. The monoisotopic (exact) mass is 450 g/mol. The zero-order chi connectivity index (χ0) is 19.4. The van der Waals surface area contributed by atoms with E-state index in [-0.39, 0.29) is 18.4 Å². The highest BCUT2D eigenvalue weighted by Crippen LogP contribution is 2.39. The number of amides is 2. The van der Waals surface area contributed by atoms with Crippen LogP contribution in [0.25, 0.3) is 0 Å². The lowest BCUT2D eigenvalue weighted by Crippen LogP contribution is -2.47. The van der Waals surface area contributed by atoms with Crippen LogP contribution < -0.4 is 15.0 Å². The van der Waals surface area contributed by atoms with Crippen molar-refractivity contribution in [3.8, 4) is 5.75 Å². The number of carbonyl (C=O) groups is 2. The minimum Gasteiger partial charge on any atom is -0.482 e. The van der Waals surface area contributed by atoms with Gasteiger partial charge in [0.25, 0.3) is 5.91 Å². The topological polar surface area (TPSA) is 58.6 Å². The summed E-state index contributed by atoms with van der Waals surface area (Å²) in [5.41, 5.74) is 1.20. The molecule has 0 aromatic heterocycles. The van der Waals surface area contributed by atoms with Crippen molar-refractivity contribution in [1.29, 1.82) is 0 Å². The number of benzene rings is 2. The fourth-order valence-corrected chi connectivity index (χ4v) is 3.59. The SMILES string of the molecule is CCCCNC(=O)C(c1cccc(Br)c1)N1C(=O)COc2ccc(Cl)cc21. The molecule has 27 heavy (non-hydrogen) atoms. The summed E-state index contributed by atoms with van der Waals surface area (Å²) in [4.78, 5) is 27.3. The molecule has 7 heteroatoms. The molecule has 2 aromatic rings. The van der Waals surface area contributed by atoms with Gasteiger partial charge in [-0.15, -0.1) is 0 Å². The molecule has 0 bridgehead atoms. The summed E-state index contributed by atoms with van der Waals surface area (Å²) < 4.78 is 6.35. The van der Waals surface area contributed by atoms with Gasteiger partial charge >= 0.3 is 0 Å². The van der Waals surface area contributed by atoms with Gasteiger partial charge in [0.2, 0.25) is 5.91 Å². The van der Waals surface area contributed by atoms with E-state index in [4.69, 9.17) is 16.3 Å². The molecular formula is C20H20BrClN2O3. The van der Waals surface area contributed by atoms with Crippen molar-refractivity contribution in [3.63, 3.8) is 0 Å². The highest BCUT2D eigenvalue weighted by atomic mass is 79.9. The zero-order valence-corrected chi connectivity index (χ0v) is 17.2. The number of unbranched alkanes of at least 4 members (excludes halogenated alkanes) is 1. The van der Waals surface area contributed by atoms with Crippen molar-refractivity contribution in [2.75, 3.05) is 18.1 Å². The van der Waals surface area contributed by atoms with E-state index in [1.807, 2.05) is 24.3 Å². The van der Waals surface area contributed by atoms with Crippen LogP contribution in [-0.4, -0.2) is 25.0 Å². The fourth-order valence-electron chi connectivity index (χ4n) is 3.01. The van der Waals surface area contributed by atoms with Crippen molar-refractivity contribution in [2.45, 2.75) is 25.8 Å². The summed E-state index contributed by atoms with van der Waals surface area (Å²) in [5.74, 6) is 0.00321. The predicted molar refractivity (Wildman–Crippen MR) is 109 cm³/mol. The molecule has 1 aliphatic rings. The van der Waals surface area contributed by atoms with Gasteiger partial charge in [-0.05, 0) is 42.3 Å². The minimum atomic E-state index is -0.812. The van der Waals surface area contributed by atoms with Crippen LogP contribution in [0.5, 0.6) is 5.75 Å².